The minimum Gasteiger partial charge on any atom is -0.378 e. The van der Waals surface area contributed by atoms with Crippen molar-refractivity contribution in [3.63, 3.8) is 0 Å². The first kappa shape index (κ1) is 14.6. The van der Waals surface area contributed by atoms with Crippen LogP contribution in [0.15, 0.2) is 12.1 Å². The van der Waals surface area contributed by atoms with Gasteiger partial charge in [0.1, 0.15) is 0 Å². The molecule has 1 heterocycles. The minimum absolute atomic E-state index is 0.291. The first-order chi connectivity index (χ1) is 8.18. The van der Waals surface area contributed by atoms with E-state index in [1.54, 1.807) is 0 Å². The van der Waals surface area contributed by atoms with Gasteiger partial charge in [-0.2, -0.15) is 0 Å². The van der Waals surface area contributed by atoms with Crippen molar-refractivity contribution in [3.8, 4) is 0 Å². The lowest BCUT2D eigenvalue weighted by Gasteiger charge is -2.08. The third kappa shape index (κ3) is 7.49. The molecule has 0 saturated heterocycles. The fourth-order valence-corrected chi connectivity index (χ4v) is 2.24. The van der Waals surface area contributed by atoms with E-state index >= 15 is 0 Å². The Morgan fingerprint density at radius 2 is 2.06 bits per heavy atom. The predicted octanol–water partition coefficient (Wildman–Crippen LogP) is 2.59. The predicted molar refractivity (Wildman–Crippen MR) is 72.7 cm³/mol. The highest BCUT2D eigenvalue weighted by Crippen LogP contribution is 2.14. The SMILES string of the molecule is Cc1ccc(CNCCOCCOC(C)C)s1. The molecule has 0 aromatic carbocycles. The molecule has 0 unspecified atom stereocenters. The molecule has 0 saturated carbocycles. The van der Waals surface area contributed by atoms with Crippen molar-refractivity contribution in [2.45, 2.75) is 33.4 Å². The van der Waals surface area contributed by atoms with Crippen molar-refractivity contribution >= 4 is 11.3 Å². The molecule has 17 heavy (non-hydrogen) atoms. The number of rotatable bonds is 9. The quantitative estimate of drug-likeness (QED) is 0.690. The molecule has 0 bridgehead atoms. The largest absolute Gasteiger partial charge is 0.378 e. The van der Waals surface area contributed by atoms with Crippen LogP contribution in [0.1, 0.15) is 23.6 Å². The van der Waals surface area contributed by atoms with Gasteiger partial charge in [0.25, 0.3) is 0 Å². The van der Waals surface area contributed by atoms with E-state index in [0.29, 0.717) is 19.3 Å². The maximum absolute atomic E-state index is 5.44. The van der Waals surface area contributed by atoms with Crippen LogP contribution < -0.4 is 5.32 Å². The summed E-state index contributed by atoms with van der Waals surface area (Å²) >= 11 is 1.84. The van der Waals surface area contributed by atoms with E-state index < -0.39 is 0 Å². The molecule has 0 atom stereocenters. The first-order valence-electron chi connectivity index (χ1n) is 6.14. The molecule has 4 heteroatoms. The Hall–Kier alpha value is -0.420. The van der Waals surface area contributed by atoms with Gasteiger partial charge >= 0.3 is 0 Å². The molecule has 1 aromatic heterocycles. The van der Waals surface area contributed by atoms with Crippen LogP contribution in [0.3, 0.4) is 0 Å². The average molecular weight is 257 g/mol. The van der Waals surface area contributed by atoms with Crippen molar-refractivity contribution in [3.05, 3.63) is 21.9 Å². The highest BCUT2D eigenvalue weighted by atomic mass is 32.1. The molecule has 0 radical (unpaired) electrons. The van der Waals surface area contributed by atoms with Crippen LogP contribution in [0.2, 0.25) is 0 Å². The Morgan fingerprint density at radius 1 is 1.24 bits per heavy atom. The summed E-state index contributed by atoms with van der Waals surface area (Å²) in [5, 5.41) is 3.36. The van der Waals surface area contributed by atoms with Crippen LogP contribution in [-0.2, 0) is 16.0 Å². The number of aryl methyl sites for hydroxylation is 1. The first-order valence-corrected chi connectivity index (χ1v) is 6.95. The number of nitrogens with one attached hydrogen (secondary N) is 1. The molecular weight excluding hydrogens is 234 g/mol. The van der Waals surface area contributed by atoms with Gasteiger partial charge in [-0.1, -0.05) is 0 Å². The van der Waals surface area contributed by atoms with Gasteiger partial charge in [0.15, 0.2) is 0 Å². The number of ether oxygens (including phenoxy) is 2. The summed E-state index contributed by atoms with van der Waals surface area (Å²) in [4.78, 5) is 2.74. The summed E-state index contributed by atoms with van der Waals surface area (Å²) in [5.41, 5.74) is 0. The Labute approximate surface area is 108 Å². The summed E-state index contributed by atoms with van der Waals surface area (Å²) in [6.45, 7) is 10.1. The van der Waals surface area contributed by atoms with E-state index in [1.165, 1.54) is 9.75 Å². The second-order valence-electron chi connectivity index (χ2n) is 4.22. The lowest BCUT2D eigenvalue weighted by molar-refractivity contribution is 0.0204. The van der Waals surface area contributed by atoms with Crippen LogP contribution in [0.5, 0.6) is 0 Å². The van der Waals surface area contributed by atoms with Crippen molar-refractivity contribution in [1.82, 2.24) is 5.32 Å². The lowest BCUT2D eigenvalue weighted by Crippen LogP contribution is -2.20. The lowest BCUT2D eigenvalue weighted by atomic mass is 10.4. The molecule has 98 valence electrons. The number of hydrogen-bond acceptors (Lipinski definition) is 4. The zero-order chi connectivity index (χ0) is 12.5. The molecule has 0 aliphatic heterocycles. The minimum atomic E-state index is 0.291. The van der Waals surface area contributed by atoms with Gasteiger partial charge in [0.05, 0.1) is 25.9 Å². The average Bonchev–Trinajstić information content (AvgIpc) is 2.68. The molecule has 3 nitrogen and oxygen atoms in total. The van der Waals surface area contributed by atoms with E-state index in [0.717, 1.165) is 19.7 Å². The van der Waals surface area contributed by atoms with Crippen molar-refractivity contribution in [2.24, 2.45) is 0 Å². The maximum Gasteiger partial charge on any atom is 0.0703 e. The molecule has 1 aromatic rings. The highest BCUT2D eigenvalue weighted by molar-refractivity contribution is 7.11. The van der Waals surface area contributed by atoms with Gasteiger partial charge < -0.3 is 14.8 Å². The molecule has 0 aliphatic carbocycles. The molecule has 0 spiro atoms. The fraction of sp³-hybridized carbons (Fsp3) is 0.692. The molecule has 0 fully saturated rings. The van der Waals surface area contributed by atoms with Gasteiger partial charge in [-0.15, -0.1) is 11.3 Å². The molecule has 1 N–H and O–H groups in total. The van der Waals surface area contributed by atoms with Crippen molar-refractivity contribution in [2.75, 3.05) is 26.4 Å². The summed E-state index contributed by atoms with van der Waals surface area (Å²) in [6.07, 6.45) is 0.291. The van der Waals surface area contributed by atoms with E-state index in [9.17, 15) is 0 Å². The van der Waals surface area contributed by atoms with Gasteiger partial charge in [0.2, 0.25) is 0 Å². The summed E-state index contributed by atoms with van der Waals surface area (Å²) in [5.74, 6) is 0. The topological polar surface area (TPSA) is 30.5 Å². The van der Waals surface area contributed by atoms with E-state index in [2.05, 4.69) is 24.4 Å². The van der Waals surface area contributed by atoms with Crippen LogP contribution in [-0.4, -0.2) is 32.5 Å². The Balaban J connectivity index is 1.88. The van der Waals surface area contributed by atoms with E-state index in [-0.39, 0.29) is 0 Å². The van der Waals surface area contributed by atoms with Gasteiger partial charge in [-0.05, 0) is 32.9 Å². The van der Waals surface area contributed by atoms with E-state index in [1.807, 2.05) is 25.2 Å². The second kappa shape index (κ2) is 8.64. The standard InChI is InChI=1S/C13H23NO2S/c1-11(2)16-9-8-15-7-6-14-10-13-5-4-12(3)17-13/h4-5,11,14H,6-10H2,1-3H3. The third-order valence-corrected chi connectivity index (χ3v) is 3.20. The van der Waals surface area contributed by atoms with E-state index in [4.69, 9.17) is 9.47 Å². The van der Waals surface area contributed by atoms with Crippen LogP contribution in [0.4, 0.5) is 0 Å². The normalized spacial score (nSPS) is 11.3. The second-order valence-corrected chi connectivity index (χ2v) is 5.59. The molecule has 0 aliphatic rings. The Bertz CT molecular complexity index is 299. The highest BCUT2D eigenvalue weighted by Gasteiger charge is 1.96. The summed E-state index contributed by atoms with van der Waals surface area (Å²) in [7, 11) is 0. The zero-order valence-electron chi connectivity index (χ0n) is 11.0. The van der Waals surface area contributed by atoms with Gasteiger partial charge in [-0.25, -0.2) is 0 Å². The number of hydrogen-bond donors (Lipinski definition) is 1. The number of thiophene rings is 1. The van der Waals surface area contributed by atoms with Crippen LogP contribution in [0.25, 0.3) is 0 Å². The smallest absolute Gasteiger partial charge is 0.0703 e. The monoisotopic (exact) mass is 257 g/mol. The third-order valence-electron chi connectivity index (χ3n) is 2.20. The van der Waals surface area contributed by atoms with Crippen molar-refractivity contribution in [1.29, 1.82) is 0 Å². The van der Waals surface area contributed by atoms with Crippen LogP contribution in [0, 0.1) is 6.92 Å². The van der Waals surface area contributed by atoms with Gasteiger partial charge in [-0.3, -0.25) is 0 Å². The van der Waals surface area contributed by atoms with Gasteiger partial charge in [0, 0.05) is 22.8 Å². The maximum atomic E-state index is 5.44. The summed E-state index contributed by atoms with van der Waals surface area (Å²) < 4.78 is 10.8. The zero-order valence-corrected chi connectivity index (χ0v) is 11.8. The molecule has 0 amide bonds. The fourth-order valence-electron chi connectivity index (χ4n) is 1.38. The molecular formula is C13H23NO2S. The van der Waals surface area contributed by atoms with Crippen LogP contribution >= 0.6 is 11.3 Å². The Morgan fingerprint density at radius 3 is 2.71 bits per heavy atom. The Kier molecular flexibility index (Phi) is 7.44. The molecule has 1 rings (SSSR count). The summed E-state index contributed by atoms with van der Waals surface area (Å²) in [6, 6.07) is 4.33. The van der Waals surface area contributed by atoms with Crippen molar-refractivity contribution < 1.29 is 9.47 Å².